The van der Waals surface area contributed by atoms with Gasteiger partial charge in [0.2, 0.25) is 5.91 Å². The molecule has 1 aromatic carbocycles. The summed E-state index contributed by atoms with van der Waals surface area (Å²) in [6.45, 7) is 1.81. The number of hydrogen-bond donors (Lipinski definition) is 2. The van der Waals surface area contributed by atoms with E-state index in [1.54, 1.807) is 11.4 Å². The summed E-state index contributed by atoms with van der Waals surface area (Å²) in [6, 6.07) is 6.81. The van der Waals surface area contributed by atoms with Gasteiger partial charge >= 0.3 is 6.03 Å². The maximum absolute atomic E-state index is 12.8. The highest BCUT2D eigenvalue weighted by Gasteiger charge is 2.52. The first kappa shape index (κ1) is 19.8. The highest BCUT2D eigenvalue weighted by Crippen LogP contribution is 2.36. The van der Waals surface area contributed by atoms with Crippen LogP contribution in [0.2, 0.25) is 5.02 Å². The predicted octanol–water partition coefficient (Wildman–Crippen LogP) is 3.90. The Morgan fingerprint density at radius 1 is 1.34 bits per heavy atom. The SMILES string of the molecule is CC1CCC2(CC1)NC(=O)N(CC(=O)Nc1nc(-c3ccccc3Cl)cs1)C2=O. The van der Waals surface area contributed by atoms with Gasteiger partial charge in [0.25, 0.3) is 5.91 Å². The number of hydrogen-bond acceptors (Lipinski definition) is 5. The first-order valence-electron chi connectivity index (χ1n) is 9.52. The zero-order valence-corrected chi connectivity index (χ0v) is 17.5. The number of amides is 4. The molecule has 1 aromatic heterocycles. The van der Waals surface area contributed by atoms with E-state index in [1.807, 2.05) is 18.2 Å². The van der Waals surface area contributed by atoms with Gasteiger partial charge in [-0.1, -0.05) is 36.7 Å². The maximum atomic E-state index is 12.8. The molecule has 1 saturated carbocycles. The van der Waals surface area contributed by atoms with Crippen molar-refractivity contribution in [2.45, 2.75) is 38.1 Å². The van der Waals surface area contributed by atoms with Crippen molar-refractivity contribution in [3.05, 3.63) is 34.7 Å². The topological polar surface area (TPSA) is 91.4 Å². The molecule has 2 N–H and O–H groups in total. The molecule has 1 aliphatic heterocycles. The van der Waals surface area contributed by atoms with Crippen LogP contribution in [0.25, 0.3) is 11.3 Å². The number of nitrogens with zero attached hydrogens (tertiary/aromatic N) is 2. The van der Waals surface area contributed by atoms with Crippen molar-refractivity contribution in [1.82, 2.24) is 15.2 Å². The predicted molar refractivity (Wildman–Crippen MR) is 112 cm³/mol. The van der Waals surface area contributed by atoms with Crippen LogP contribution in [0.1, 0.15) is 32.6 Å². The third-order valence-electron chi connectivity index (χ3n) is 5.58. The van der Waals surface area contributed by atoms with E-state index in [9.17, 15) is 14.4 Å². The van der Waals surface area contributed by atoms with Gasteiger partial charge < -0.3 is 10.6 Å². The van der Waals surface area contributed by atoms with E-state index in [-0.39, 0.29) is 12.5 Å². The van der Waals surface area contributed by atoms with Gasteiger partial charge in [-0.05, 0) is 37.7 Å². The Kier molecular flexibility index (Phi) is 5.31. The van der Waals surface area contributed by atoms with Crippen LogP contribution in [-0.4, -0.2) is 39.8 Å². The second-order valence-electron chi connectivity index (χ2n) is 7.65. The molecule has 9 heteroatoms. The van der Waals surface area contributed by atoms with Gasteiger partial charge in [0, 0.05) is 16.0 Å². The standard InChI is InChI=1S/C20H21ClN4O3S/c1-12-6-8-20(9-7-12)17(27)25(19(28)24-20)10-16(26)23-18-22-15(11-29-18)13-4-2-3-5-14(13)21/h2-5,11-12H,6-10H2,1H3,(H,24,28)(H,22,23,26). The minimum Gasteiger partial charge on any atom is -0.323 e. The van der Waals surface area contributed by atoms with Crippen molar-refractivity contribution in [3.8, 4) is 11.3 Å². The van der Waals surface area contributed by atoms with Gasteiger partial charge in [-0.2, -0.15) is 0 Å². The van der Waals surface area contributed by atoms with E-state index in [1.165, 1.54) is 11.3 Å². The number of imide groups is 1. The van der Waals surface area contributed by atoms with Crippen LogP contribution in [0, 0.1) is 5.92 Å². The summed E-state index contributed by atoms with van der Waals surface area (Å²) >= 11 is 7.44. The van der Waals surface area contributed by atoms with Gasteiger partial charge in [-0.3, -0.25) is 14.5 Å². The van der Waals surface area contributed by atoms with Crippen molar-refractivity contribution in [2.75, 3.05) is 11.9 Å². The molecule has 4 amide bonds. The summed E-state index contributed by atoms with van der Waals surface area (Å²) in [5, 5.41) is 8.24. The van der Waals surface area contributed by atoms with E-state index >= 15 is 0 Å². The minimum atomic E-state index is -0.845. The number of anilines is 1. The fraction of sp³-hybridized carbons (Fsp3) is 0.400. The van der Waals surface area contributed by atoms with Crippen molar-refractivity contribution >= 4 is 45.9 Å². The highest BCUT2D eigenvalue weighted by atomic mass is 35.5. The summed E-state index contributed by atoms with van der Waals surface area (Å²) in [5.74, 6) is -0.227. The number of nitrogens with one attached hydrogen (secondary N) is 2. The molecule has 7 nitrogen and oxygen atoms in total. The summed E-state index contributed by atoms with van der Waals surface area (Å²) in [4.78, 5) is 43.0. The summed E-state index contributed by atoms with van der Waals surface area (Å²) in [7, 11) is 0. The maximum Gasteiger partial charge on any atom is 0.325 e. The van der Waals surface area contributed by atoms with E-state index in [4.69, 9.17) is 11.6 Å². The van der Waals surface area contributed by atoms with E-state index < -0.39 is 17.5 Å². The van der Waals surface area contributed by atoms with Crippen LogP contribution < -0.4 is 10.6 Å². The Bertz CT molecular complexity index is 968. The average Bonchev–Trinajstić information content (AvgIpc) is 3.23. The van der Waals surface area contributed by atoms with Gasteiger partial charge in [-0.15, -0.1) is 11.3 Å². The molecule has 1 spiro atoms. The molecular formula is C20H21ClN4O3S. The van der Waals surface area contributed by atoms with Crippen molar-refractivity contribution < 1.29 is 14.4 Å². The number of halogens is 1. The Labute approximate surface area is 177 Å². The van der Waals surface area contributed by atoms with Crippen LogP contribution in [0.3, 0.4) is 0 Å². The van der Waals surface area contributed by atoms with Crippen LogP contribution in [-0.2, 0) is 9.59 Å². The zero-order valence-electron chi connectivity index (χ0n) is 15.9. The Balaban J connectivity index is 1.41. The number of thiazole rings is 1. The normalized spacial score (nSPS) is 24.1. The van der Waals surface area contributed by atoms with E-state index in [0.29, 0.717) is 34.6 Å². The lowest BCUT2D eigenvalue weighted by Crippen LogP contribution is -2.49. The molecule has 0 bridgehead atoms. The van der Waals surface area contributed by atoms with Gasteiger partial charge in [0.15, 0.2) is 5.13 Å². The number of carbonyl (C=O) groups excluding carboxylic acids is 3. The van der Waals surface area contributed by atoms with E-state index in [2.05, 4.69) is 22.5 Å². The lowest BCUT2D eigenvalue weighted by atomic mass is 9.77. The Hall–Kier alpha value is -2.45. The summed E-state index contributed by atoms with van der Waals surface area (Å²) in [5.41, 5.74) is 0.581. The summed E-state index contributed by atoms with van der Waals surface area (Å²) < 4.78 is 0. The van der Waals surface area contributed by atoms with Gasteiger partial charge in [-0.25, -0.2) is 9.78 Å². The number of rotatable bonds is 4. The monoisotopic (exact) mass is 432 g/mol. The Morgan fingerprint density at radius 3 is 2.79 bits per heavy atom. The molecule has 29 heavy (non-hydrogen) atoms. The van der Waals surface area contributed by atoms with Crippen molar-refractivity contribution in [3.63, 3.8) is 0 Å². The molecule has 2 aliphatic rings. The van der Waals surface area contributed by atoms with Crippen LogP contribution in [0.15, 0.2) is 29.6 Å². The number of aromatic nitrogens is 1. The third-order valence-corrected chi connectivity index (χ3v) is 6.66. The summed E-state index contributed by atoms with van der Waals surface area (Å²) in [6.07, 6.45) is 3.00. The lowest BCUT2D eigenvalue weighted by Gasteiger charge is -2.33. The number of urea groups is 1. The van der Waals surface area contributed by atoms with Crippen molar-refractivity contribution in [1.29, 1.82) is 0 Å². The van der Waals surface area contributed by atoms with Crippen LogP contribution in [0.4, 0.5) is 9.93 Å². The van der Waals surface area contributed by atoms with E-state index in [0.717, 1.165) is 23.3 Å². The zero-order chi connectivity index (χ0) is 20.6. The molecule has 152 valence electrons. The molecule has 1 saturated heterocycles. The van der Waals surface area contributed by atoms with Crippen molar-refractivity contribution in [2.24, 2.45) is 5.92 Å². The average molecular weight is 433 g/mol. The minimum absolute atomic E-state index is 0.305. The fourth-order valence-electron chi connectivity index (χ4n) is 3.84. The largest absolute Gasteiger partial charge is 0.325 e. The van der Waals surface area contributed by atoms with Crippen LogP contribution in [0.5, 0.6) is 0 Å². The molecule has 2 aromatic rings. The fourth-order valence-corrected chi connectivity index (χ4v) is 4.80. The second kappa shape index (κ2) is 7.76. The van der Waals surface area contributed by atoms with Gasteiger partial charge in [0.05, 0.1) is 5.69 Å². The quantitative estimate of drug-likeness (QED) is 0.716. The molecular weight excluding hydrogens is 412 g/mol. The Morgan fingerprint density at radius 2 is 2.07 bits per heavy atom. The van der Waals surface area contributed by atoms with Crippen LogP contribution >= 0.6 is 22.9 Å². The molecule has 2 fully saturated rings. The first-order valence-corrected chi connectivity index (χ1v) is 10.8. The molecule has 0 unspecified atom stereocenters. The number of carbonyl (C=O) groups is 3. The molecule has 0 radical (unpaired) electrons. The molecule has 2 heterocycles. The highest BCUT2D eigenvalue weighted by molar-refractivity contribution is 7.14. The smallest absolute Gasteiger partial charge is 0.323 e. The molecule has 1 aliphatic carbocycles. The third kappa shape index (κ3) is 3.86. The molecule has 4 rings (SSSR count). The second-order valence-corrected chi connectivity index (χ2v) is 8.92. The molecule has 0 atom stereocenters. The van der Waals surface area contributed by atoms with Gasteiger partial charge in [0.1, 0.15) is 12.1 Å². The first-order chi connectivity index (χ1) is 13.9. The number of benzene rings is 1. The lowest BCUT2D eigenvalue weighted by molar-refractivity contribution is -0.135.